The Morgan fingerprint density at radius 2 is 2.12 bits per heavy atom. The first-order valence-electron chi connectivity index (χ1n) is 7.52. The van der Waals surface area contributed by atoms with Gasteiger partial charge >= 0.3 is 0 Å². The molecule has 0 radical (unpaired) electrons. The molecule has 1 aromatic heterocycles. The highest BCUT2D eigenvalue weighted by molar-refractivity contribution is 6.32. The number of nitrogens with two attached hydrogens (primary N) is 1. The van der Waals surface area contributed by atoms with Gasteiger partial charge in [-0.2, -0.15) is 5.53 Å². The quantitative estimate of drug-likeness (QED) is 0.453. The largest absolute Gasteiger partial charge is 0.505 e. The lowest BCUT2D eigenvalue weighted by atomic mass is 10.2. The fraction of sp³-hybridized carbons (Fsp3) is 0.200. The average Bonchev–Trinajstić information content (AvgIpc) is 3.04. The molecule has 0 saturated carbocycles. The van der Waals surface area contributed by atoms with E-state index in [-0.39, 0.29) is 34.6 Å². The normalized spacial score (nSPS) is 15.8. The molecule has 1 unspecified atom stereocenters. The number of hydrogen-bond donors (Lipinski definition) is 4. The second kappa shape index (κ2) is 7.63. The number of pyridine rings is 1. The monoisotopic (exact) mass is 395 g/mol. The molecule has 5 N–H and O–H groups in total. The van der Waals surface area contributed by atoms with Crippen LogP contribution in [0.2, 0.25) is 5.02 Å². The minimum Gasteiger partial charge on any atom is -0.505 e. The van der Waals surface area contributed by atoms with Crippen LogP contribution in [0.3, 0.4) is 0 Å². The number of carbonyl (C=O) groups excluding carboxylic acids is 1. The van der Waals surface area contributed by atoms with E-state index in [1.165, 1.54) is 6.07 Å². The van der Waals surface area contributed by atoms with Gasteiger partial charge in [-0.05, 0) is 17.7 Å². The Balaban J connectivity index is 1.56. The highest BCUT2D eigenvalue weighted by Crippen LogP contribution is 2.28. The summed E-state index contributed by atoms with van der Waals surface area (Å²) in [5.74, 6) is -0.430. The number of alkyl halides is 1. The summed E-state index contributed by atoms with van der Waals surface area (Å²) >= 11 is 11.8. The number of benzene rings is 1. The van der Waals surface area contributed by atoms with Crippen molar-refractivity contribution in [3.63, 3.8) is 0 Å². The third kappa shape index (κ3) is 4.06. The molecule has 26 heavy (non-hydrogen) atoms. The highest BCUT2D eigenvalue weighted by Gasteiger charge is 2.20. The number of hydrazine groups is 1. The molecule has 1 aliphatic rings. The van der Waals surface area contributed by atoms with Crippen LogP contribution in [0.25, 0.3) is 0 Å². The summed E-state index contributed by atoms with van der Waals surface area (Å²) in [7, 11) is 0. The number of aromatic hydroxyl groups is 1. The summed E-state index contributed by atoms with van der Waals surface area (Å²) in [6, 6.07) is 8.65. The lowest BCUT2D eigenvalue weighted by Crippen LogP contribution is -2.34. The second-order valence-electron chi connectivity index (χ2n) is 5.44. The summed E-state index contributed by atoms with van der Waals surface area (Å²) < 4.78 is 0. The smallest absolute Gasteiger partial charge is 0.238 e. The number of amides is 1. The molecule has 136 valence electrons. The fourth-order valence-corrected chi connectivity index (χ4v) is 2.71. The van der Waals surface area contributed by atoms with Crippen LogP contribution in [0.1, 0.15) is 11.3 Å². The number of anilines is 2. The number of halogens is 2. The lowest BCUT2D eigenvalue weighted by Gasteiger charge is -2.18. The summed E-state index contributed by atoms with van der Waals surface area (Å²) in [5, 5.41) is 21.6. The third-order valence-corrected chi connectivity index (χ3v) is 4.16. The standard InChI is InChI=1S/C15H15Cl2N7O2/c16-10-5-12(18)20-11(14(10)26)6-13(25)19-7-8-1-3-9(4-2-8)24-15(17)21-22-23-24/h1-5,15,26H,6-7H2,(H2,18,20)(H,19,25)(H,21,23). The van der Waals surface area contributed by atoms with Crippen LogP contribution in [-0.4, -0.2) is 21.6 Å². The summed E-state index contributed by atoms with van der Waals surface area (Å²) in [4.78, 5) is 16.0. The number of carbonyl (C=O) groups is 1. The molecule has 9 nitrogen and oxygen atoms in total. The Labute approximate surface area is 158 Å². The Bertz CT molecular complexity index is 845. The molecule has 2 aromatic rings. The van der Waals surface area contributed by atoms with Crippen molar-refractivity contribution in [2.75, 3.05) is 10.7 Å². The van der Waals surface area contributed by atoms with Crippen molar-refractivity contribution in [3.05, 3.63) is 46.6 Å². The zero-order chi connectivity index (χ0) is 18.7. The van der Waals surface area contributed by atoms with E-state index in [4.69, 9.17) is 28.9 Å². The van der Waals surface area contributed by atoms with Gasteiger partial charge in [0.15, 0.2) is 5.75 Å². The zero-order valence-electron chi connectivity index (χ0n) is 13.4. The molecule has 3 rings (SSSR count). The van der Waals surface area contributed by atoms with Crippen molar-refractivity contribution in [3.8, 4) is 5.75 Å². The molecule has 1 amide bonds. The minimum absolute atomic E-state index is 0.0578. The number of nitrogens with one attached hydrogen (secondary N) is 2. The van der Waals surface area contributed by atoms with Crippen LogP contribution in [0.15, 0.2) is 40.7 Å². The molecule has 1 atom stereocenters. The molecule has 0 bridgehead atoms. The van der Waals surface area contributed by atoms with E-state index < -0.39 is 5.62 Å². The number of hydrogen-bond acceptors (Lipinski definition) is 8. The van der Waals surface area contributed by atoms with Crippen molar-refractivity contribution in [2.45, 2.75) is 18.6 Å². The van der Waals surface area contributed by atoms with Crippen molar-refractivity contribution in [2.24, 2.45) is 10.3 Å². The van der Waals surface area contributed by atoms with E-state index in [1.807, 2.05) is 24.3 Å². The van der Waals surface area contributed by atoms with Crippen molar-refractivity contribution in [1.82, 2.24) is 15.8 Å². The van der Waals surface area contributed by atoms with Crippen LogP contribution in [0.4, 0.5) is 11.5 Å². The number of aromatic nitrogens is 1. The molecule has 11 heteroatoms. The Morgan fingerprint density at radius 1 is 1.38 bits per heavy atom. The number of nitrogen functional groups attached to an aromatic ring is 1. The first-order valence-corrected chi connectivity index (χ1v) is 8.34. The van der Waals surface area contributed by atoms with Gasteiger partial charge in [-0.25, -0.2) is 9.99 Å². The predicted octanol–water partition coefficient (Wildman–Crippen LogP) is 2.10. The van der Waals surface area contributed by atoms with Gasteiger partial charge in [-0.15, -0.1) is 5.11 Å². The van der Waals surface area contributed by atoms with Crippen LogP contribution in [0.5, 0.6) is 5.75 Å². The van der Waals surface area contributed by atoms with Crippen LogP contribution < -0.4 is 21.6 Å². The number of rotatable bonds is 5. The van der Waals surface area contributed by atoms with Gasteiger partial charge in [-0.1, -0.05) is 40.6 Å². The molecule has 0 spiro atoms. The minimum atomic E-state index is -0.606. The van der Waals surface area contributed by atoms with E-state index in [1.54, 1.807) is 5.01 Å². The van der Waals surface area contributed by atoms with Gasteiger partial charge in [0.1, 0.15) is 5.82 Å². The van der Waals surface area contributed by atoms with E-state index >= 15 is 0 Å². The third-order valence-electron chi connectivity index (χ3n) is 3.59. The maximum Gasteiger partial charge on any atom is 0.238 e. The first-order chi connectivity index (χ1) is 12.4. The van der Waals surface area contributed by atoms with Crippen molar-refractivity contribution < 1.29 is 9.90 Å². The Hall–Kier alpha value is -2.78. The Morgan fingerprint density at radius 3 is 2.77 bits per heavy atom. The summed E-state index contributed by atoms with van der Waals surface area (Å²) in [6.45, 7) is 0.308. The van der Waals surface area contributed by atoms with Gasteiger partial charge in [0.25, 0.3) is 0 Å². The second-order valence-corrected chi connectivity index (χ2v) is 6.24. The van der Waals surface area contributed by atoms with Gasteiger partial charge in [0.05, 0.1) is 22.8 Å². The summed E-state index contributed by atoms with van der Waals surface area (Å²) in [6.07, 6.45) is -0.136. The van der Waals surface area contributed by atoms with Gasteiger partial charge in [0, 0.05) is 12.6 Å². The van der Waals surface area contributed by atoms with E-state index in [9.17, 15) is 9.90 Å². The highest BCUT2D eigenvalue weighted by atomic mass is 35.5. The summed E-state index contributed by atoms with van der Waals surface area (Å²) in [5.41, 5.74) is 9.43. The van der Waals surface area contributed by atoms with Crippen LogP contribution in [-0.2, 0) is 17.8 Å². The van der Waals surface area contributed by atoms with Crippen LogP contribution >= 0.6 is 23.2 Å². The van der Waals surface area contributed by atoms with Gasteiger partial charge in [0.2, 0.25) is 11.5 Å². The molecule has 1 aromatic carbocycles. The maximum absolute atomic E-state index is 12.1. The topological polar surface area (TPSA) is 128 Å². The van der Waals surface area contributed by atoms with E-state index in [0.29, 0.717) is 6.54 Å². The van der Waals surface area contributed by atoms with E-state index in [2.05, 4.69) is 26.2 Å². The fourth-order valence-electron chi connectivity index (χ4n) is 2.29. The van der Waals surface area contributed by atoms with Gasteiger partial charge in [-0.3, -0.25) is 4.79 Å². The molecule has 1 aliphatic heterocycles. The maximum atomic E-state index is 12.1. The zero-order valence-corrected chi connectivity index (χ0v) is 14.9. The molecule has 2 heterocycles. The SMILES string of the molecule is Nc1cc(Cl)c(O)c(CC(=O)NCc2ccc(N3NN=NC3Cl)cc2)n1. The average molecular weight is 396 g/mol. The first kappa shape index (κ1) is 18.0. The van der Waals surface area contributed by atoms with E-state index in [0.717, 1.165) is 11.3 Å². The molecule has 0 aliphatic carbocycles. The lowest BCUT2D eigenvalue weighted by molar-refractivity contribution is -0.120. The molecule has 0 saturated heterocycles. The van der Waals surface area contributed by atoms with Crippen molar-refractivity contribution in [1.29, 1.82) is 0 Å². The van der Waals surface area contributed by atoms with Crippen LogP contribution in [0, 0.1) is 0 Å². The molecular weight excluding hydrogens is 381 g/mol. The number of nitrogens with zero attached hydrogens (tertiary/aromatic N) is 4. The molecule has 0 fully saturated rings. The predicted molar refractivity (Wildman–Crippen MR) is 97.4 cm³/mol. The Kier molecular flexibility index (Phi) is 5.29. The van der Waals surface area contributed by atoms with Gasteiger partial charge < -0.3 is 16.2 Å². The van der Waals surface area contributed by atoms with Crippen molar-refractivity contribution >= 4 is 40.6 Å². The molecular formula is C15H15Cl2N7O2.